The number of rotatable bonds is 2. The van der Waals surface area contributed by atoms with Crippen LogP contribution in [0.25, 0.3) is 0 Å². The summed E-state index contributed by atoms with van der Waals surface area (Å²) in [5.74, 6) is -0.247. The maximum Gasteiger partial charge on any atom is 0.324 e. The Hall–Kier alpha value is -2.37. The molecule has 3 rings (SSSR count). The van der Waals surface area contributed by atoms with Gasteiger partial charge in [-0.05, 0) is 31.9 Å². The Labute approximate surface area is 129 Å². The van der Waals surface area contributed by atoms with E-state index in [4.69, 9.17) is 0 Å². The predicted molar refractivity (Wildman–Crippen MR) is 80.6 cm³/mol. The van der Waals surface area contributed by atoms with Crippen molar-refractivity contribution in [2.75, 3.05) is 19.6 Å². The molecule has 4 amide bonds. The van der Waals surface area contributed by atoms with Crippen LogP contribution in [0.2, 0.25) is 0 Å². The van der Waals surface area contributed by atoms with Crippen LogP contribution in [0.1, 0.15) is 27.0 Å². The molecule has 0 saturated carbocycles. The average Bonchev–Trinajstić information content (AvgIpc) is 2.67. The molecule has 116 valence electrons. The second-order valence-electron chi connectivity index (χ2n) is 6.06. The number of amides is 4. The molecule has 0 radical (unpaired) electrons. The van der Waals surface area contributed by atoms with Crippen LogP contribution in [0.15, 0.2) is 12.1 Å². The predicted octanol–water partition coefficient (Wildman–Crippen LogP) is 0.988. The fourth-order valence-electron chi connectivity index (χ4n) is 3.26. The highest BCUT2D eigenvalue weighted by molar-refractivity contribution is 6.03. The van der Waals surface area contributed by atoms with E-state index in [0.717, 1.165) is 22.3 Å². The highest BCUT2D eigenvalue weighted by Crippen LogP contribution is 2.24. The molecule has 0 aromatic heterocycles. The van der Waals surface area contributed by atoms with Crippen LogP contribution in [0, 0.1) is 20.8 Å². The zero-order valence-electron chi connectivity index (χ0n) is 13.0. The second kappa shape index (κ2) is 5.12. The van der Waals surface area contributed by atoms with Gasteiger partial charge in [0.15, 0.2) is 0 Å². The molecule has 2 aliphatic rings. The van der Waals surface area contributed by atoms with Crippen LogP contribution < -0.4 is 5.32 Å². The van der Waals surface area contributed by atoms with Crippen LogP contribution in [0.5, 0.6) is 0 Å². The minimum atomic E-state index is -0.357. The summed E-state index contributed by atoms with van der Waals surface area (Å²) < 4.78 is 0. The maximum absolute atomic E-state index is 12.6. The molecule has 1 N–H and O–H groups in total. The third-order valence-corrected chi connectivity index (χ3v) is 4.28. The van der Waals surface area contributed by atoms with Crippen molar-refractivity contribution < 1.29 is 14.4 Å². The van der Waals surface area contributed by atoms with Gasteiger partial charge < -0.3 is 10.2 Å². The van der Waals surface area contributed by atoms with Gasteiger partial charge in [0.1, 0.15) is 0 Å². The van der Waals surface area contributed by atoms with Gasteiger partial charge in [-0.1, -0.05) is 17.7 Å². The molecule has 0 spiro atoms. The Morgan fingerprint density at radius 1 is 1.14 bits per heavy atom. The van der Waals surface area contributed by atoms with Crippen molar-refractivity contribution in [1.29, 1.82) is 0 Å². The third kappa shape index (κ3) is 2.24. The minimum absolute atomic E-state index is 0.0293. The van der Waals surface area contributed by atoms with Crippen molar-refractivity contribution in [2.45, 2.75) is 26.8 Å². The smallest absolute Gasteiger partial charge is 0.324 e. The van der Waals surface area contributed by atoms with Crippen LogP contribution >= 0.6 is 0 Å². The van der Waals surface area contributed by atoms with Crippen molar-refractivity contribution in [3.63, 3.8) is 0 Å². The molecule has 2 aliphatic heterocycles. The lowest BCUT2D eigenvalue weighted by Crippen LogP contribution is -2.62. The van der Waals surface area contributed by atoms with Crippen LogP contribution in [-0.4, -0.2) is 53.3 Å². The number of benzene rings is 1. The van der Waals surface area contributed by atoms with Crippen molar-refractivity contribution in [1.82, 2.24) is 15.1 Å². The van der Waals surface area contributed by atoms with E-state index in [0.29, 0.717) is 13.1 Å². The number of carbonyl (C=O) groups excluding carboxylic acids is 3. The first-order valence-corrected chi connectivity index (χ1v) is 7.35. The zero-order chi connectivity index (χ0) is 16.0. The number of aryl methyl sites for hydroxylation is 3. The van der Waals surface area contributed by atoms with E-state index in [1.165, 1.54) is 4.90 Å². The van der Waals surface area contributed by atoms with Gasteiger partial charge >= 0.3 is 6.03 Å². The van der Waals surface area contributed by atoms with E-state index in [2.05, 4.69) is 5.32 Å². The molecule has 0 atom stereocenters. The average molecular weight is 301 g/mol. The molecule has 6 nitrogen and oxygen atoms in total. The normalized spacial score (nSPS) is 18.5. The number of hydrogen-bond donors (Lipinski definition) is 1. The monoisotopic (exact) mass is 301 g/mol. The molecule has 0 unspecified atom stereocenters. The minimum Gasteiger partial charge on any atom is -0.334 e. The Bertz CT molecular complexity index is 638. The van der Waals surface area contributed by atoms with Crippen LogP contribution in [-0.2, 0) is 4.79 Å². The molecule has 2 fully saturated rings. The molecule has 0 bridgehead atoms. The van der Waals surface area contributed by atoms with Gasteiger partial charge in [-0.15, -0.1) is 0 Å². The van der Waals surface area contributed by atoms with Crippen LogP contribution in [0.4, 0.5) is 4.79 Å². The summed E-state index contributed by atoms with van der Waals surface area (Å²) in [6.45, 7) is 6.74. The lowest BCUT2D eigenvalue weighted by atomic mass is 9.96. The standard InChI is InChI=1S/C16H19N3O3/c1-9-4-10(2)14(11(3)5-9)15(21)18-7-12(8-18)19-13(20)6-17-16(19)22/h4-5,12H,6-8H2,1-3H3,(H,17,22). The first-order valence-electron chi connectivity index (χ1n) is 7.35. The molecule has 1 aromatic rings. The summed E-state index contributed by atoms with van der Waals surface area (Å²) in [5, 5.41) is 2.50. The largest absolute Gasteiger partial charge is 0.334 e. The van der Waals surface area contributed by atoms with Crippen molar-refractivity contribution in [3.8, 4) is 0 Å². The van der Waals surface area contributed by atoms with Gasteiger partial charge in [-0.2, -0.15) is 0 Å². The summed E-state index contributed by atoms with van der Waals surface area (Å²) in [6.07, 6.45) is 0. The topological polar surface area (TPSA) is 69.7 Å². The molecule has 1 aromatic carbocycles. The summed E-state index contributed by atoms with van der Waals surface area (Å²) in [4.78, 5) is 38.8. The Balaban J connectivity index is 1.72. The fraction of sp³-hybridized carbons (Fsp3) is 0.438. The molecular formula is C16H19N3O3. The van der Waals surface area contributed by atoms with E-state index in [-0.39, 0.29) is 30.4 Å². The van der Waals surface area contributed by atoms with Crippen molar-refractivity contribution >= 4 is 17.8 Å². The third-order valence-electron chi connectivity index (χ3n) is 4.28. The fourth-order valence-corrected chi connectivity index (χ4v) is 3.26. The molecule has 2 saturated heterocycles. The summed E-state index contributed by atoms with van der Waals surface area (Å²) >= 11 is 0. The van der Waals surface area contributed by atoms with E-state index < -0.39 is 0 Å². The molecule has 6 heteroatoms. The number of hydrogen-bond acceptors (Lipinski definition) is 3. The van der Waals surface area contributed by atoms with E-state index in [9.17, 15) is 14.4 Å². The van der Waals surface area contributed by atoms with Gasteiger partial charge in [0.05, 0.1) is 12.6 Å². The lowest BCUT2D eigenvalue weighted by Gasteiger charge is -2.42. The summed E-state index contributed by atoms with van der Waals surface area (Å²) in [5.41, 5.74) is 3.77. The number of nitrogens with zero attached hydrogens (tertiary/aromatic N) is 2. The number of nitrogens with one attached hydrogen (secondary N) is 1. The van der Waals surface area contributed by atoms with E-state index >= 15 is 0 Å². The van der Waals surface area contributed by atoms with E-state index in [1.54, 1.807) is 4.90 Å². The summed E-state index contributed by atoms with van der Waals surface area (Å²) in [6, 6.07) is 3.43. The number of urea groups is 1. The van der Waals surface area contributed by atoms with Crippen molar-refractivity contribution in [2.24, 2.45) is 0 Å². The highest BCUT2D eigenvalue weighted by Gasteiger charge is 2.43. The first-order chi connectivity index (χ1) is 10.4. The number of imide groups is 1. The Morgan fingerprint density at radius 2 is 1.73 bits per heavy atom. The Morgan fingerprint density at radius 3 is 2.23 bits per heavy atom. The maximum atomic E-state index is 12.6. The molecular weight excluding hydrogens is 282 g/mol. The van der Waals surface area contributed by atoms with Gasteiger partial charge in [-0.25, -0.2) is 4.79 Å². The zero-order valence-corrected chi connectivity index (χ0v) is 13.0. The molecule has 0 aliphatic carbocycles. The molecule has 2 heterocycles. The quantitative estimate of drug-likeness (QED) is 0.828. The second-order valence-corrected chi connectivity index (χ2v) is 6.06. The SMILES string of the molecule is Cc1cc(C)c(C(=O)N2CC(N3C(=O)CNC3=O)C2)c(C)c1. The number of likely N-dealkylation sites (tertiary alicyclic amines) is 1. The number of carbonyl (C=O) groups is 3. The van der Waals surface area contributed by atoms with Gasteiger partial charge in [-0.3, -0.25) is 14.5 Å². The molecule has 22 heavy (non-hydrogen) atoms. The van der Waals surface area contributed by atoms with Gasteiger partial charge in [0.25, 0.3) is 5.91 Å². The summed E-state index contributed by atoms with van der Waals surface area (Å²) in [7, 11) is 0. The Kier molecular flexibility index (Phi) is 3.39. The van der Waals surface area contributed by atoms with E-state index in [1.807, 2.05) is 32.9 Å². The van der Waals surface area contributed by atoms with Gasteiger partial charge in [0, 0.05) is 18.7 Å². The van der Waals surface area contributed by atoms with Crippen LogP contribution in [0.3, 0.4) is 0 Å². The lowest BCUT2D eigenvalue weighted by molar-refractivity contribution is -0.128. The first kappa shape index (κ1) is 14.6. The van der Waals surface area contributed by atoms with Gasteiger partial charge in [0.2, 0.25) is 5.91 Å². The highest BCUT2D eigenvalue weighted by atomic mass is 16.2. The van der Waals surface area contributed by atoms with Crippen molar-refractivity contribution in [3.05, 3.63) is 34.4 Å².